The van der Waals surface area contributed by atoms with Crippen LogP contribution in [0.5, 0.6) is 5.75 Å². The lowest BCUT2D eigenvalue weighted by molar-refractivity contribution is -0.139. The smallest absolute Gasteiger partial charge is 0.420 e. The van der Waals surface area contributed by atoms with Gasteiger partial charge in [-0.1, -0.05) is 11.3 Å². The lowest BCUT2D eigenvalue weighted by atomic mass is 10.1. The van der Waals surface area contributed by atoms with Gasteiger partial charge in [0.25, 0.3) is 10.0 Å². The highest BCUT2D eigenvalue weighted by Gasteiger charge is 2.40. The molecule has 0 N–H and O–H groups in total. The first kappa shape index (κ1) is 15.6. The Morgan fingerprint density at radius 2 is 2.04 bits per heavy atom. The molecular formula is C12H11F3N4O3S. The fourth-order valence-electron chi connectivity index (χ4n) is 2.32. The lowest BCUT2D eigenvalue weighted by Gasteiger charge is -2.31. The number of nitrogens with zero attached hydrogens (tertiary/aromatic N) is 4. The van der Waals surface area contributed by atoms with Crippen LogP contribution < -0.4 is 9.04 Å². The molecule has 0 fully saturated rings. The highest BCUT2D eigenvalue weighted by Crippen LogP contribution is 2.44. The van der Waals surface area contributed by atoms with Gasteiger partial charge in [-0.25, -0.2) is 4.68 Å². The van der Waals surface area contributed by atoms with E-state index in [1.165, 1.54) is 13.1 Å². The van der Waals surface area contributed by atoms with Gasteiger partial charge in [-0.05, 0) is 12.1 Å². The molecule has 2 heterocycles. The molecule has 23 heavy (non-hydrogen) atoms. The second-order valence-corrected chi connectivity index (χ2v) is 6.58. The molecule has 11 heteroatoms. The number of aryl methyl sites for hydroxylation is 1. The van der Waals surface area contributed by atoms with Crippen LogP contribution in [0.1, 0.15) is 5.56 Å². The van der Waals surface area contributed by atoms with E-state index in [4.69, 9.17) is 4.74 Å². The summed E-state index contributed by atoms with van der Waals surface area (Å²) < 4.78 is 71.6. The average molecular weight is 348 g/mol. The van der Waals surface area contributed by atoms with E-state index >= 15 is 0 Å². The molecule has 1 aliphatic heterocycles. The van der Waals surface area contributed by atoms with Crippen LogP contribution in [0, 0.1) is 0 Å². The third kappa shape index (κ3) is 2.50. The number of hydrogen-bond acceptors (Lipinski definition) is 5. The minimum atomic E-state index is -4.65. The minimum absolute atomic E-state index is 0.109. The first-order chi connectivity index (χ1) is 10.7. The van der Waals surface area contributed by atoms with Crippen molar-refractivity contribution in [1.29, 1.82) is 0 Å². The Hall–Kier alpha value is -2.30. The van der Waals surface area contributed by atoms with Gasteiger partial charge < -0.3 is 4.74 Å². The number of para-hydroxylation sites is 1. The Balaban J connectivity index is 2.15. The SMILES string of the molecule is Cn1nncc1S(=O)(=O)N1CCOc2c1cccc2C(F)(F)F. The highest BCUT2D eigenvalue weighted by atomic mass is 32.2. The summed E-state index contributed by atoms with van der Waals surface area (Å²) in [7, 11) is -2.72. The summed E-state index contributed by atoms with van der Waals surface area (Å²) in [6.07, 6.45) is -3.61. The molecule has 0 saturated heterocycles. The van der Waals surface area contributed by atoms with Crippen molar-refractivity contribution >= 4 is 15.7 Å². The second-order valence-electron chi connectivity index (χ2n) is 4.77. The molecule has 0 unspecified atom stereocenters. The summed E-state index contributed by atoms with van der Waals surface area (Å²) in [5.41, 5.74) is -1.18. The van der Waals surface area contributed by atoms with Crippen LogP contribution in [-0.4, -0.2) is 36.6 Å². The van der Waals surface area contributed by atoms with Gasteiger partial charge >= 0.3 is 6.18 Å². The summed E-state index contributed by atoms with van der Waals surface area (Å²) in [6, 6.07) is 3.26. The van der Waals surface area contributed by atoms with Gasteiger partial charge in [-0.3, -0.25) is 4.31 Å². The van der Waals surface area contributed by atoms with E-state index in [9.17, 15) is 21.6 Å². The van der Waals surface area contributed by atoms with E-state index in [-0.39, 0.29) is 23.9 Å². The second kappa shape index (κ2) is 5.11. The van der Waals surface area contributed by atoms with Crippen molar-refractivity contribution in [3.05, 3.63) is 30.0 Å². The maximum absolute atomic E-state index is 13.1. The Kier molecular flexibility index (Phi) is 3.47. The Morgan fingerprint density at radius 1 is 1.30 bits per heavy atom. The van der Waals surface area contributed by atoms with E-state index in [2.05, 4.69) is 10.3 Å². The van der Waals surface area contributed by atoms with Gasteiger partial charge in [-0.2, -0.15) is 21.6 Å². The van der Waals surface area contributed by atoms with E-state index in [1.807, 2.05) is 0 Å². The normalized spacial score (nSPS) is 15.2. The molecule has 0 bridgehead atoms. The molecular weight excluding hydrogens is 337 g/mol. The predicted octanol–water partition coefficient (Wildman–Crippen LogP) is 1.42. The molecule has 1 aromatic heterocycles. The number of fused-ring (bicyclic) bond motifs is 1. The largest absolute Gasteiger partial charge is 0.489 e. The zero-order chi connectivity index (χ0) is 16.8. The van der Waals surface area contributed by atoms with Crippen molar-refractivity contribution in [1.82, 2.24) is 15.0 Å². The van der Waals surface area contributed by atoms with E-state index in [0.717, 1.165) is 27.3 Å². The number of anilines is 1. The van der Waals surface area contributed by atoms with E-state index in [0.29, 0.717) is 0 Å². The number of benzene rings is 1. The van der Waals surface area contributed by atoms with Crippen LogP contribution in [-0.2, 0) is 23.2 Å². The van der Waals surface area contributed by atoms with Gasteiger partial charge in [0.1, 0.15) is 6.61 Å². The van der Waals surface area contributed by atoms with Crippen molar-refractivity contribution in [3.8, 4) is 5.75 Å². The first-order valence-electron chi connectivity index (χ1n) is 6.43. The predicted molar refractivity (Wildman–Crippen MR) is 72.5 cm³/mol. The van der Waals surface area contributed by atoms with Gasteiger partial charge in [0.15, 0.2) is 10.8 Å². The number of ether oxygens (including phenoxy) is 1. The van der Waals surface area contributed by atoms with Gasteiger partial charge in [0.05, 0.1) is 24.0 Å². The van der Waals surface area contributed by atoms with Gasteiger partial charge in [0.2, 0.25) is 0 Å². The topological polar surface area (TPSA) is 77.3 Å². The van der Waals surface area contributed by atoms with Crippen LogP contribution >= 0.6 is 0 Å². The molecule has 0 atom stereocenters. The van der Waals surface area contributed by atoms with Crippen LogP contribution in [0.2, 0.25) is 0 Å². The maximum Gasteiger partial charge on any atom is 0.420 e. The number of hydrogen-bond donors (Lipinski definition) is 0. The van der Waals surface area contributed by atoms with Crippen molar-refractivity contribution in [2.24, 2.45) is 7.05 Å². The van der Waals surface area contributed by atoms with E-state index < -0.39 is 27.5 Å². The molecule has 124 valence electrons. The lowest BCUT2D eigenvalue weighted by Crippen LogP contribution is -2.39. The average Bonchev–Trinajstić information content (AvgIpc) is 2.92. The molecule has 3 rings (SSSR count). The van der Waals surface area contributed by atoms with Crippen LogP contribution in [0.15, 0.2) is 29.4 Å². The fraction of sp³-hybridized carbons (Fsp3) is 0.333. The van der Waals surface area contributed by atoms with Gasteiger partial charge in [0, 0.05) is 7.05 Å². The molecule has 0 saturated carbocycles. The molecule has 1 aromatic carbocycles. The number of aromatic nitrogens is 3. The minimum Gasteiger partial charge on any atom is -0.489 e. The third-order valence-electron chi connectivity index (χ3n) is 3.34. The van der Waals surface area contributed by atoms with Crippen LogP contribution in [0.3, 0.4) is 0 Å². The Morgan fingerprint density at radius 3 is 2.65 bits per heavy atom. The summed E-state index contributed by atoms with van der Waals surface area (Å²) >= 11 is 0. The zero-order valence-corrected chi connectivity index (χ0v) is 12.6. The molecule has 0 radical (unpaired) electrons. The first-order valence-corrected chi connectivity index (χ1v) is 7.87. The van der Waals surface area contributed by atoms with Crippen molar-refractivity contribution < 1.29 is 26.3 Å². The van der Waals surface area contributed by atoms with Crippen molar-refractivity contribution in [2.45, 2.75) is 11.2 Å². The quantitative estimate of drug-likeness (QED) is 0.820. The highest BCUT2D eigenvalue weighted by molar-refractivity contribution is 7.92. The molecule has 0 spiro atoms. The van der Waals surface area contributed by atoms with E-state index in [1.54, 1.807) is 0 Å². The van der Waals surface area contributed by atoms with Crippen molar-refractivity contribution in [2.75, 3.05) is 17.5 Å². The van der Waals surface area contributed by atoms with Crippen molar-refractivity contribution in [3.63, 3.8) is 0 Å². The molecule has 7 nitrogen and oxygen atoms in total. The third-order valence-corrected chi connectivity index (χ3v) is 5.19. The summed E-state index contributed by atoms with van der Waals surface area (Å²) in [4.78, 5) is 0. The molecule has 1 aliphatic rings. The number of alkyl halides is 3. The van der Waals surface area contributed by atoms with Crippen LogP contribution in [0.4, 0.5) is 18.9 Å². The zero-order valence-electron chi connectivity index (χ0n) is 11.8. The molecule has 0 aliphatic carbocycles. The number of halogens is 3. The number of sulfonamides is 1. The number of rotatable bonds is 2. The Labute approximate surface area is 129 Å². The molecule has 2 aromatic rings. The van der Waals surface area contributed by atoms with Gasteiger partial charge in [-0.15, -0.1) is 5.10 Å². The Bertz CT molecular complexity index is 847. The summed E-state index contributed by atoms with van der Waals surface area (Å²) in [5, 5.41) is 6.81. The monoisotopic (exact) mass is 348 g/mol. The van der Waals surface area contributed by atoms with Crippen LogP contribution in [0.25, 0.3) is 0 Å². The summed E-state index contributed by atoms with van der Waals surface area (Å²) in [5.74, 6) is -0.495. The standard InChI is InChI=1S/C12H11F3N4O3S/c1-18-10(7-16-17-18)23(20,21)19-5-6-22-11-8(12(13,14)15)3-2-4-9(11)19/h2-4,7H,5-6H2,1H3. The summed E-state index contributed by atoms with van der Waals surface area (Å²) in [6.45, 7) is -0.299. The molecule has 0 amide bonds. The fourth-order valence-corrected chi connectivity index (χ4v) is 3.82. The maximum atomic E-state index is 13.1.